The third kappa shape index (κ3) is 4.81. The van der Waals surface area contributed by atoms with Crippen molar-refractivity contribution in [1.29, 1.82) is 0 Å². The molecular formula is C22H30N2O. The van der Waals surface area contributed by atoms with E-state index in [1.807, 2.05) is 12.1 Å². The summed E-state index contributed by atoms with van der Waals surface area (Å²) >= 11 is 0. The molecule has 1 unspecified atom stereocenters. The van der Waals surface area contributed by atoms with Crippen LogP contribution in [0, 0.1) is 5.92 Å². The number of rotatable bonds is 8. The van der Waals surface area contributed by atoms with E-state index in [4.69, 9.17) is 9.72 Å². The maximum atomic E-state index is 5.78. The first-order valence-electron chi connectivity index (χ1n) is 9.88. The normalized spacial score (nSPS) is 16.5. The van der Waals surface area contributed by atoms with Crippen LogP contribution in [0.1, 0.15) is 63.6 Å². The van der Waals surface area contributed by atoms with Gasteiger partial charge in [-0.2, -0.15) is 0 Å². The standard InChI is InChI=1S/C22H30N2O/c1-3-5-6-14-25-20-11-9-18(10-12-20)22-23-16-19-15-17(7-4-2)8-13-21(19)24-22/h9-12,16-17H,3-8,13-15H2,1-2H3. The molecule has 2 aromatic rings. The van der Waals surface area contributed by atoms with Gasteiger partial charge in [-0.05, 0) is 61.4 Å². The zero-order valence-corrected chi connectivity index (χ0v) is 15.6. The molecule has 1 aromatic heterocycles. The van der Waals surface area contributed by atoms with Crippen molar-refractivity contribution < 1.29 is 4.74 Å². The van der Waals surface area contributed by atoms with Crippen LogP contribution in [0.5, 0.6) is 5.75 Å². The second-order valence-corrected chi connectivity index (χ2v) is 7.14. The van der Waals surface area contributed by atoms with E-state index in [1.165, 1.54) is 43.4 Å². The van der Waals surface area contributed by atoms with Gasteiger partial charge in [0.1, 0.15) is 5.75 Å². The molecule has 1 aromatic carbocycles. The highest BCUT2D eigenvalue weighted by Gasteiger charge is 2.20. The fourth-order valence-corrected chi connectivity index (χ4v) is 3.62. The summed E-state index contributed by atoms with van der Waals surface area (Å²) in [5, 5.41) is 0. The number of hydrogen-bond donors (Lipinski definition) is 0. The van der Waals surface area contributed by atoms with Crippen LogP contribution >= 0.6 is 0 Å². The number of nitrogens with zero attached hydrogens (tertiary/aromatic N) is 2. The summed E-state index contributed by atoms with van der Waals surface area (Å²) in [6.07, 6.45) is 11.7. The molecule has 3 nitrogen and oxygen atoms in total. The van der Waals surface area contributed by atoms with Crippen molar-refractivity contribution in [2.45, 2.75) is 65.2 Å². The fraction of sp³-hybridized carbons (Fsp3) is 0.545. The molecule has 1 atom stereocenters. The number of hydrogen-bond acceptors (Lipinski definition) is 3. The maximum absolute atomic E-state index is 5.78. The first kappa shape index (κ1) is 17.9. The summed E-state index contributed by atoms with van der Waals surface area (Å²) in [5.41, 5.74) is 3.67. The Bertz CT molecular complexity index is 666. The third-order valence-corrected chi connectivity index (χ3v) is 5.08. The molecule has 3 rings (SSSR count). The van der Waals surface area contributed by atoms with Gasteiger partial charge in [-0.15, -0.1) is 0 Å². The molecule has 1 heterocycles. The van der Waals surface area contributed by atoms with Crippen LogP contribution in [-0.2, 0) is 12.8 Å². The Morgan fingerprint density at radius 2 is 1.92 bits per heavy atom. The maximum Gasteiger partial charge on any atom is 0.159 e. The van der Waals surface area contributed by atoms with Crippen LogP contribution in [0.2, 0.25) is 0 Å². The summed E-state index contributed by atoms with van der Waals surface area (Å²) in [6.45, 7) is 5.27. The molecule has 3 heteroatoms. The second kappa shape index (κ2) is 8.98. The Morgan fingerprint density at radius 3 is 2.68 bits per heavy atom. The molecular weight excluding hydrogens is 308 g/mol. The van der Waals surface area contributed by atoms with Crippen molar-refractivity contribution >= 4 is 0 Å². The van der Waals surface area contributed by atoms with Crippen molar-refractivity contribution in [3.63, 3.8) is 0 Å². The zero-order chi connectivity index (χ0) is 17.5. The van der Waals surface area contributed by atoms with Gasteiger partial charge in [0.15, 0.2) is 5.82 Å². The topological polar surface area (TPSA) is 35.0 Å². The van der Waals surface area contributed by atoms with Crippen molar-refractivity contribution in [3.8, 4) is 17.1 Å². The third-order valence-electron chi connectivity index (χ3n) is 5.08. The van der Waals surface area contributed by atoms with Gasteiger partial charge in [0.25, 0.3) is 0 Å². The molecule has 0 spiro atoms. The Labute approximate surface area is 151 Å². The van der Waals surface area contributed by atoms with Gasteiger partial charge in [0, 0.05) is 17.5 Å². The molecule has 0 bridgehead atoms. The lowest BCUT2D eigenvalue weighted by atomic mass is 9.84. The Balaban J connectivity index is 1.64. The SMILES string of the molecule is CCCCCOc1ccc(-c2ncc3c(n2)CCC(CCC)C3)cc1. The molecule has 0 N–H and O–H groups in total. The van der Waals surface area contributed by atoms with Crippen LogP contribution in [0.15, 0.2) is 30.5 Å². The van der Waals surface area contributed by atoms with E-state index in [0.29, 0.717) is 0 Å². The Morgan fingerprint density at radius 1 is 1.08 bits per heavy atom. The Hall–Kier alpha value is -1.90. The van der Waals surface area contributed by atoms with Crippen LogP contribution in [0.4, 0.5) is 0 Å². The first-order valence-corrected chi connectivity index (χ1v) is 9.88. The average Bonchev–Trinajstić information content (AvgIpc) is 2.66. The van der Waals surface area contributed by atoms with E-state index in [1.54, 1.807) is 0 Å². The van der Waals surface area contributed by atoms with E-state index < -0.39 is 0 Å². The van der Waals surface area contributed by atoms with Crippen LogP contribution in [0.3, 0.4) is 0 Å². The highest BCUT2D eigenvalue weighted by Crippen LogP contribution is 2.28. The highest BCUT2D eigenvalue weighted by molar-refractivity contribution is 5.56. The quantitative estimate of drug-likeness (QED) is 0.586. The summed E-state index contributed by atoms with van der Waals surface area (Å²) in [4.78, 5) is 9.46. The van der Waals surface area contributed by atoms with Crippen LogP contribution in [-0.4, -0.2) is 16.6 Å². The van der Waals surface area contributed by atoms with Crippen molar-refractivity contribution in [2.75, 3.05) is 6.61 Å². The minimum Gasteiger partial charge on any atom is -0.494 e. The van der Waals surface area contributed by atoms with Gasteiger partial charge in [0.2, 0.25) is 0 Å². The summed E-state index contributed by atoms with van der Waals surface area (Å²) < 4.78 is 5.78. The van der Waals surface area contributed by atoms with Gasteiger partial charge >= 0.3 is 0 Å². The number of benzene rings is 1. The molecule has 0 radical (unpaired) electrons. The van der Waals surface area contributed by atoms with Gasteiger partial charge in [-0.25, -0.2) is 9.97 Å². The van der Waals surface area contributed by atoms with E-state index in [9.17, 15) is 0 Å². The molecule has 1 aliphatic rings. The molecule has 25 heavy (non-hydrogen) atoms. The molecule has 0 amide bonds. The second-order valence-electron chi connectivity index (χ2n) is 7.14. The van der Waals surface area contributed by atoms with E-state index in [-0.39, 0.29) is 0 Å². The van der Waals surface area contributed by atoms with Gasteiger partial charge in [-0.3, -0.25) is 0 Å². The van der Waals surface area contributed by atoms with Crippen LogP contribution in [0.25, 0.3) is 11.4 Å². The summed E-state index contributed by atoms with van der Waals surface area (Å²) in [5.74, 6) is 2.58. The lowest BCUT2D eigenvalue weighted by Gasteiger charge is -2.23. The largest absolute Gasteiger partial charge is 0.494 e. The predicted octanol–water partition coefficient (Wildman–Crippen LogP) is 5.62. The summed E-state index contributed by atoms with van der Waals surface area (Å²) in [6, 6.07) is 8.20. The fourth-order valence-electron chi connectivity index (χ4n) is 3.62. The van der Waals surface area contributed by atoms with E-state index in [0.717, 1.165) is 48.9 Å². The highest BCUT2D eigenvalue weighted by atomic mass is 16.5. The number of unbranched alkanes of at least 4 members (excludes halogenated alkanes) is 2. The predicted molar refractivity (Wildman–Crippen MR) is 103 cm³/mol. The monoisotopic (exact) mass is 338 g/mol. The minimum absolute atomic E-state index is 0.793. The minimum atomic E-state index is 0.793. The average molecular weight is 338 g/mol. The van der Waals surface area contributed by atoms with E-state index >= 15 is 0 Å². The lowest BCUT2D eigenvalue weighted by molar-refractivity contribution is 0.306. The van der Waals surface area contributed by atoms with E-state index in [2.05, 4.69) is 37.2 Å². The zero-order valence-electron chi connectivity index (χ0n) is 15.6. The molecule has 1 aliphatic carbocycles. The number of aromatic nitrogens is 2. The molecule has 0 saturated heterocycles. The van der Waals surface area contributed by atoms with Crippen LogP contribution < -0.4 is 4.74 Å². The molecule has 0 fully saturated rings. The van der Waals surface area contributed by atoms with Gasteiger partial charge in [0.05, 0.1) is 6.61 Å². The number of ether oxygens (including phenoxy) is 1. The lowest BCUT2D eigenvalue weighted by Crippen LogP contribution is -2.16. The number of aryl methyl sites for hydroxylation is 1. The molecule has 0 saturated carbocycles. The smallest absolute Gasteiger partial charge is 0.159 e. The first-order chi connectivity index (χ1) is 12.3. The molecule has 134 valence electrons. The van der Waals surface area contributed by atoms with Crippen molar-refractivity contribution in [2.24, 2.45) is 5.92 Å². The van der Waals surface area contributed by atoms with Crippen molar-refractivity contribution in [3.05, 3.63) is 41.7 Å². The number of fused-ring (bicyclic) bond motifs is 1. The van der Waals surface area contributed by atoms with Crippen molar-refractivity contribution in [1.82, 2.24) is 9.97 Å². The van der Waals surface area contributed by atoms with Gasteiger partial charge in [-0.1, -0.05) is 39.5 Å². The summed E-state index contributed by atoms with van der Waals surface area (Å²) in [7, 11) is 0. The molecule has 0 aliphatic heterocycles. The van der Waals surface area contributed by atoms with Gasteiger partial charge < -0.3 is 4.74 Å². The Kier molecular flexibility index (Phi) is 6.43.